The Kier molecular flexibility index (Phi) is 3.78. The van der Waals surface area contributed by atoms with Gasteiger partial charge < -0.3 is 15.0 Å². The van der Waals surface area contributed by atoms with Gasteiger partial charge in [-0.25, -0.2) is 4.79 Å². The summed E-state index contributed by atoms with van der Waals surface area (Å²) in [5, 5.41) is 15.7. The summed E-state index contributed by atoms with van der Waals surface area (Å²) in [6.07, 6.45) is 6.41. The first-order chi connectivity index (χ1) is 10.6. The molecule has 1 aliphatic carbocycles. The number of carboxylic acid groups (broad SMARTS) is 1. The van der Waals surface area contributed by atoms with Crippen LogP contribution >= 0.6 is 0 Å². The molecular weight excluding hydrogens is 278 g/mol. The smallest absolute Gasteiger partial charge is 0.404 e. The maximum atomic E-state index is 10.6. The van der Waals surface area contributed by atoms with Crippen LogP contribution in [0.25, 0.3) is 10.9 Å². The summed E-state index contributed by atoms with van der Waals surface area (Å²) in [5.41, 5.74) is 4.80. The first kappa shape index (κ1) is 14.5. The molecule has 0 saturated heterocycles. The molecule has 114 valence electrons. The van der Waals surface area contributed by atoms with Gasteiger partial charge in [-0.1, -0.05) is 12.0 Å². The zero-order chi connectivity index (χ0) is 15.7. The van der Waals surface area contributed by atoms with Crippen LogP contribution < -0.4 is 10.6 Å². The number of amides is 1. The summed E-state index contributed by atoms with van der Waals surface area (Å²) in [4.78, 5) is 10.6. The minimum Gasteiger partial charge on any atom is -0.465 e. The normalized spacial score (nSPS) is 16.5. The van der Waals surface area contributed by atoms with Crippen molar-refractivity contribution in [1.82, 2.24) is 15.2 Å². The molecule has 2 aromatic rings. The van der Waals surface area contributed by atoms with Gasteiger partial charge in [0.05, 0.1) is 6.54 Å². The average molecular weight is 297 g/mol. The Morgan fingerprint density at radius 1 is 1.55 bits per heavy atom. The van der Waals surface area contributed by atoms with E-state index in [0.717, 1.165) is 18.4 Å². The van der Waals surface area contributed by atoms with Gasteiger partial charge in [0.15, 0.2) is 0 Å². The summed E-state index contributed by atoms with van der Waals surface area (Å²) in [6, 6.07) is 6.42. The van der Waals surface area contributed by atoms with E-state index in [2.05, 4.69) is 40.3 Å². The van der Waals surface area contributed by atoms with Gasteiger partial charge in [0.25, 0.3) is 0 Å². The van der Waals surface area contributed by atoms with Crippen molar-refractivity contribution >= 4 is 17.0 Å². The van der Waals surface area contributed by atoms with Gasteiger partial charge in [-0.2, -0.15) is 0 Å². The van der Waals surface area contributed by atoms with E-state index >= 15 is 0 Å². The van der Waals surface area contributed by atoms with E-state index in [-0.39, 0.29) is 0 Å². The molecule has 5 nitrogen and oxygen atoms in total. The lowest BCUT2D eigenvalue weighted by atomic mass is 10.1. The summed E-state index contributed by atoms with van der Waals surface area (Å²) in [5.74, 6) is 2.63. The molecule has 1 aromatic carbocycles. The zero-order valence-electron chi connectivity index (χ0n) is 12.5. The Balaban J connectivity index is 1.97. The molecule has 0 aliphatic heterocycles. The SMILES string of the molecule is C#CCNC1CCc2c1n(C)c1ccc(CNC(=O)O)cc21. The van der Waals surface area contributed by atoms with Crippen LogP contribution in [0, 0.1) is 12.3 Å². The summed E-state index contributed by atoms with van der Waals surface area (Å²) in [7, 11) is 2.08. The lowest BCUT2D eigenvalue weighted by molar-refractivity contribution is 0.194. The van der Waals surface area contributed by atoms with Crippen molar-refractivity contribution in [2.75, 3.05) is 6.54 Å². The first-order valence-corrected chi connectivity index (χ1v) is 7.35. The lowest BCUT2D eigenvalue weighted by Crippen LogP contribution is -2.21. The molecule has 1 heterocycles. The van der Waals surface area contributed by atoms with Crippen LogP contribution in [0.1, 0.15) is 29.3 Å². The Labute approximate surface area is 129 Å². The van der Waals surface area contributed by atoms with Crippen LogP contribution in [-0.2, 0) is 20.0 Å². The van der Waals surface area contributed by atoms with Crippen molar-refractivity contribution in [2.24, 2.45) is 7.05 Å². The van der Waals surface area contributed by atoms with Gasteiger partial charge in [0.2, 0.25) is 0 Å². The number of benzene rings is 1. The Hall–Kier alpha value is -2.45. The summed E-state index contributed by atoms with van der Waals surface area (Å²) in [6.45, 7) is 0.896. The van der Waals surface area contributed by atoms with Gasteiger partial charge in [-0.05, 0) is 36.1 Å². The van der Waals surface area contributed by atoms with E-state index in [1.807, 2.05) is 6.07 Å². The van der Waals surface area contributed by atoms with E-state index < -0.39 is 6.09 Å². The molecule has 1 aliphatic rings. The Morgan fingerprint density at radius 2 is 2.36 bits per heavy atom. The molecule has 22 heavy (non-hydrogen) atoms. The highest BCUT2D eigenvalue weighted by Gasteiger charge is 2.28. The van der Waals surface area contributed by atoms with Crippen LogP contribution in [0.5, 0.6) is 0 Å². The molecule has 1 aromatic heterocycles. The summed E-state index contributed by atoms with van der Waals surface area (Å²) >= 11 is 0. The number of aromatic nitrogens is 1. The number of nitrogens with zero attached hydrogens (tertiary/aromatic N) is 1. The minimum absolute atomic E-state index is 0.295. The van der Waals surface area contributed by atoms with Crippen LogP contribution in [0.2, 0.25) is 0 Å². The molecule has 1 unspecified atom stereocenters. The van der Waals surface area contributed by atoms with Gasteiger partial charge in [0, 0.05) is 36.2 Å². The first-order valence-electron chi connectivity index (χ1n) is 7.35. The van der Waals surface area contributed by atoms with E-state index in [0.29, 0.717) is 19.1 Å². The molecule has 0 fully saturated rings. The topological polar surface area (TPSA) is 66.3 Å². The fourth-order valence-electron chi connectivity index (χ4n) is 3.39. The molecule has 3 rings (SSSR count). The van der Waals surface area contributed by atoms with Crippen molar-refractivity contribution in [3.63, 3.8) is 0 Å². The zero-order valence-corrected chi connectivity index (χ0v) is 12.5. The maximum absolute atomic E-state index is 10.6. The highest BCUT2D eigenvalue weighted by atomic mass is 16.4. The van der Waals surface area contributed by atoms with Crippen molar-refractivity contribution < 1.29 is 9.90 Å². The fraction of sp³-hybridized carbons (Fsp3) is 0.353. The third-order valence-electron chi connectivity index (χ3n) is 4.33. The third-order valence-corrected chi connectivity index (χ3v) is 4.33. The van der Waals surface area contributed by atoms with Crippen molar-refractivity contribution in [2.45, 2.75) is 25.4 Å². The predicted molar refractivity (Wildman–Crippen MR) is 85.7 cm³/mol. The number of carbonyl (C=O) groups is 1. The van der Waals surface area contributed by atoms with E-state index in [4.69, 9.17) is 11.5 Å². The van der Waals surface area contributed by atoms with Gasteiger partial charge in [0.1, 0.15) is 0 Å². The second kappa shape index (κ2) is 5.74. The second-order valence-corrected chi connectivity index (χ2v) is 5.61. The monoisotopic (exact) mass is 297 g/mol. The minimum atomic E-state index is -1.00. The molecule has 0 bridgehead atoms. The van der Waals surface area contributed by atoms with Gasteiger partial charge >= 0.3 is 6.09 Å². The maximum Gasteiger partial charge on any atom is 0.404 e. The van der Waals surface area contributed by atoms with Crippen molar-refractivity contribution in [3.8, 4) is 12.3 Å². The Bertz CT molecular complexity index is 770. The van der Waals surface area contributed by atoms with Gasteiger partial charge in [-0.3, -0.25) is 5.32 Å². The van der Waals surface area contributed by atoms with Crippen molar-refractivity contribution in [3.05, 3.63) is 35.0 Å². The number of aryl methyl sites for hydroxylation is 2. The molecule has 0 radical (unpaired) electrons. The van der Waals surface area contributed by atoms with Crippen LogP contribution in [-0.4, -0.2) is 22.3 Å². The number of fused-ring (bicyclic) bond motifs is 3. The van der Waals surface area contributed by atoms with E-state index in [9.17, 15) is 4.79 Å². The van der Waals surface area contributed by atoms with E-state index in [1.54, 1.807) is 0 Å². The number of nitrogens with one attached hydrogen (secondary N) is 2. The molecule has 0 saturated carbocycles. The van der Waals surface area contributed by atoms with Crippen molar-refractivity contribution in [1.29, 1.82) is 0 Å². The standard InChI is InChI=1S/C17H19N3O2/c1-3-8-18-14-6-5-12-13-9-11(10-19-17(21)22)4-7-15(13)20(2)16(12)14/h1,4,7,9,14,18-19H,5-6,8,10H2,2H3,(H,21,22). The number of terminal acetylenes is 1. The number of hydrogen-bond acceptors (Lipinski definition) is 2. The highest BCUT2D eigenvalue weighted by molar-refractivity contribution is 5.87. The summed E-state index contributed by atoms with van der Waals surface area (Å²) < 4.78 is 2.22. The third kappa shape index (κ3) is 2.42. The number of rotatable bonds is 4. The van der Waals surface area contributed by atoms with Gasteiger partial charge in [-0.15, -0.1) is 6.42 Å². The molecule has 0 spiro atoms. The predicted octanol–water partition coefficient (Wildman–Crippen LogP) is 2.16. The molecule has 1 atom stereocenters. The van der Waals surface area contributed by atoms with Crippen LogP contribution in [0.3, 0.4) is 0 Å². The quantitative estimate of drug-likeness (QED) is 0.758. The molecule has 5 heteroatoms. The largest absolute Gasteiger partial charge is 0.465 e. The molecular formula is C17H19N3O2. The van der Waals surface area contributed by atoms with Crippen LogP contribution in [0.4, 0.5) is 4.79 Å². The highest BCUT2D eigenvalue weighted by Crippen LogP contribution is 2.38. The molecule has 1 amide bonds. The number of hydrogen-bond donors (Lipinski definition) is 3. The van der Waals surface area contributed by atoms with Crippen LogP contribution in [0.15, 0.2) is 18.2 Å². The second-order valence-electron chi connectivity index (χ2n) is 5.61. The fourth-order valence-corrected chi connectivity index (χ4v) is 3.39. The lowest BCUT2D eigenvalue weighted by Gasteiger charge is -2.13. The Morgan fingerprint density at radius 3 is 3.09 bits per heavy atom. The molecule has 3 N–H and O–H groups in total. The van der Waals surface area contributed by atoms with E-state index in [1.165, 1.54) is 22.2 Å². The average Bonchev–Trinajstić information content (AvgIpc) is 3.04.